The SMILES string of the molecule is C=C(/C=C\C=C/C)[C@@H]1CC=NN1C(=O)C1CCN(c2nccc(C(=O)NN(C)C)n2)CC1. The number of hydrazone groups is 1. The highest BCUT2D eigenvalue weighted by Gasteiger charge is 2.35. The van der Waals surface area contributed by atoms with Gasteiger partial charge in [0.2, 0.25) is 11.9 Å². The number of allylic oxidation sites excluding steroid dienone is 3. The van der Waals surface area contributed by atoms with Crippen LogP contribution < -0.4 is 10.3 Å². The lowest BCUT2D eigenvalue weighted by Crippen LogP contribution is -2.43. The van der Waals surface area contributed by atoms with Crippen molar-refractivity contribution in [1.29, 1.82) is 0 Å². The summed E-state index contributed by atoms with van der Waals surface area (Å²) in [5, 5.41) is 7.49. The van der Waals surface area contributed by atoms with Gasteiger partial charge in [0.15, 0.2) is 0 Å². The molecule has 1 N–H and O–H groups in total. The molecule has 0 aromatic carbocycles. The largest absolute Gasteiger partial charge is 0.341 e. The fourth-order valence-corrected chi connectivity index (χ4v) is 3.74. The highest BCUT2D eigenvalue weighted by molar-refractivity contribution is 5.92. The van der Waals surface area contributed by atoms with E-state index in [-0.39, 0.29) is 23.8 Å². The molecule has 3 heterocycles. The highest BCUT2D eigenvalue weighted by atomic mass is 16.2. The molecular weight excluding hydrogens is 406 g/mol. The molecular formula is C23H31N7O2. The number of anilines is 1. The van der Waals surface area contributed by atoms with E-state index < -0.39 is 0 Å². The fourth-order valence-electron chi connectivity index (χ4n) is 3.74. The molecule has 0 bridgehead atoms. The van der Waals surface area contributed by atoms with Crippen molar-refractivity contribution in [2.75, 3.05) is 32.1 Å². The minimum Gasteiger partial charge on any atom is -0.341 e. The van der Waals surface area contributed by atoms with Crippen LogP contribution in [0.5, 0.6) is 0 Å². The van der Waals surface area contributed by atoms with Crippen LogP contribution in [-0.4, -0.2) is 71.2 Å². The third-order valence-electron chi connectivity index (χ3n) is 5.43. The smallest absolute Gasteiger partial charge is 0.284 e. The number of amides is 2. The summed E-state index contributed by atoms with van der Waals surface area (Å²) in [5.74, 6) is 0.132. The van der Waals surface area contributed by atoms with Crippen molar-refractivity contribution in [3.63, 3.8) is 0 Å². The number of nitrogens with one attached hydrogen (secondary N) is 1. The van der Waals surface area contributed by atoms with Crippen molar-refractivity contribution in [1.82, 2.24) is 25.4 Å². The maximum Gasteiger partial charge on any atom is 0.284 e. The Bertz CT molecular complexity index is 930. The van der Waals surface area contributed by atoms with Crippen LogP contribution in [0.4, 0.5) is 5.95 Å². The number of hydrazine groups is 1. The molecule has 0 saturated carbocycles. The number of hydrogen-bond donors (Lipinski definition) is 1. The zero-order valence-electron chi connectivity index (χ0n) is 18.9. The van der Waals surface area contributed by atoms with Gasteiger partial charge in [0.1, 0.15) is 5.69 Å². The molecule has 0 spiro atoms. The summed E-state index contributed by atoms with van der Waals surface area (Å²) in [7, 11) is 3.48. The Balaban J connectivity index is 1.59. The Morgan fingerprint density at radius 2 is 2.00 bits per heavy atom. The summed E-state index contributed by atoms with van der Waals surface area (Å²) in [6, 6.07) is 1.46. The predicted octanol–water partition coefficient (Wildman–Crippen LogP) is 2.17. The molecule has 170 valence electrons. The lowest BCUT2D eigenvalue weighted by Gasteiger charge is -2.33. The van der Waals surface area contributed by atoms with E-state index in [1.165, 1.54) is 0 Å². The molecule has 2 amide bonds. The minimum atomic E-state index is -0.287. The first-order valence-electron chi connectivity index (χ1n) is 10.8. The number of rotatable bonds is 7. The number of carbonyl (C=O) groups excluding carboxylic acids is 2. The van der Waals surface area contributed by atoms with E-state index in [0.29, 0.717) is 44.0 Å². The van der Waals surface area contributed by atoms with Gasteiger partial charge >= 0.3 is 0 Å². The van der Waals surface area contributed by atoms with Crippen LogP contribution in [-0.2, 0) is 4.79 Å². The quantitative estimate of drug-likeness (QED) is 0.519. The third kappa shape index (κ3) is 5.67. The molecule has 3 rings (SSSR count). The van der Waals surface area contributed by atoms with Crippen LogP contribution in [0.25, 0.3) is 0 Å². The van der Waals surface area contributed by atoms with Gasteiger partial charge in [0, 0.05) is 51.9 Å². The van der Waals surface area contributed by atoms with E-state index in [2.05, 4.69) is 27.1 Å². The molecule has 2 aliphatic rings. The van der Waals surface area contributed by atoms with Crippen LogP contribution in [0, 0.1) is 5.92 Å². The maximum atomic E-state index is 13.2. The summed E-state index contributed by atoms with van der Waals surface area (Å²) in [4.78, 5) is 36.1. The Hall–Kier alpha value is -3.33. The molecule has 0 unspecified atom stereocenters. The number of aromatic nitrogens is 2. The monoisotopic (exact) mass is 437 g/mol. The second-order valence-electron chi connectivity index (χ2n) is 8.03. The number of piperidine rings is 1. The summed E-state index contributed by atoms with van der Waals surface area (Å²) in [6.07, 6.45) is 13.1. The van der Waals surface area contributed by atoms with E-state index in [9.17, 15) is 9.59 Å². The number of nitrogens with zero attached hydrogens (tertiary/aromatic N) is 6. The summed E-state index contributed by atoms with van der Waals surface area (Å²) < 4.78 is 0. The Morgan fingerprint density at radius 3 is 2.69 bits per heavy atom. The van der Waals surface area contributed by atoms with Gasteiger partial charge in [-0.25, -0.2) is 20.0 Å². The van der Waals surface area contributed by atoms with E-state index in [0.717, 1.165) is 5.57 Å². The van der Waals surface area contributed by atoms with Crippen molar-refractivity contribution in [3.05, 3.63) is 54.4 Å². The van der Waals surface area contributed by atoms with Gasteiger partial charge in [-0.15, -0.1) is 0 Å². The molecule has 32 heavy (non-hydrogen) atoms. The first-order chi connectivity index (χ1) is 15.4. The molecule has 2 aliphatic heterocycles. The first-order valence-corrected chi connectivity index (χ1v) is 10.8. The normalized spacial score (nSPS) is 19.4. The van der Waals surface area contributed by atoms with Gasteiger partial charge in [-0.3, -0.25) is 15.0 Å². The number of carbonyl (C=O) groups is 2. The number of hydrogen-bond acceptors (Lipinski definition) is 7. The van der Waals surface area contributed by atoms with Crippen molar-refractivity contribution in [2.45, 2.75) is 32.2 Å². The zero-order valence-corrected chi connectivity index (χ0v) is 18.9. The van der Waals surface area contributed by atoms with Crippen LogP contribution in [0.3, 0.4) is 0 Å². The topological polar surface area (TPSA) is 94.0 Å². The molecule has 0 aliphatic carbocycles. The van der Waals surface area contributed by atoms with Gasteiger partial charge in [0.05, 0.1) is 6.04 Å². The van der Waals surface area contributed by atoms with Crippen molar-refractivity contribution in [3.8, 4) is 0 Å². The average molecular weight is 438 g/mol. The molecule has 1 fully saturated rings. The lowest BCUT2D eigenvalue weighted by molar-refractivity contribution is -0.137. The molecule has 1 atom stereocenters. The first kappa shape index (κ1) is 23.3. The third-order valence-corrected chi connectivity index (χ3v) is 5.43. The zero-order chi connectivity index (χ0) is 23.1. The van der Waals surface area contributed by atoms with Gasteiger partial charge in [0.25, 0.3) is 5.91 Å². The maximum absolute atomic E-state index is 13.2. The van der Waals surface area contributed by atoms with Gasteiger partial charge < -0.3 is 4.90 Å². The summed E-state index contributed by atoms with van der Waals surface area (Å²) in [5.41, 5.74) is 3.85. The molecule has 0 radical (unpaired) electrons. The summed E-state index contributed by atoms with van der Waals surface area (Å²) in [6.45, 7) is 7.35. The van der Waals surface area contributed by atoms with Crippen LogP contribution in [0.1, 0.15) is 36.7 Å². The van der Waals surface area contributed by atoms with E-state index in [1.807, 2.05) is 36.1 Å². The second-order valence-corrected chi connectivity index (χ2v) is 8.03. The van der Waals surface area contributed by atoms with E-state index in [1.54, 1.807) is 42.6 Å². The van der Waals surface area contributed by atoms with E-state index >= 15 is 0 Å². The molecule has 1 saturated heterocycles. The van der Waals surface area contributed by atoms with Gasteiger partial charge in [-0.1, -0.05) is 30.9 Å². The van der Waals surface area contributed by atoms with Gasteiger partial charge in [-0.2, -0.15) is 5.10 Å². The van der Waals surface area contributed by atoms with Crippen LogP contribution in [0.15, 0.2) is 53.8 Å². The predicted molar refractivity (Wildman–Crippen MR) is 125 cm³/mol. The Morgan fingerprint density at radius 1 is 1.25 bits per heavy atom. The van der Waals surface area contributed by atoms with E-state index in [4.69, 9.17) is 0 Å². The lowest BCUT2D eigenvalue weighted by atomic mass is 9.94. The fraction of sp³-hybridized carbons (Fsp3) is 0.435. The second kappa shape index (κ2) is 10.8. The Kier molecular flexibility index (Phi) is 7.88. The minimum absolute atomic E-state index is 0.0315. The van der Waals surface area contributed by atoms with Crippen molar-refractivity contribution >= 4 is 24.0 Å². The average Bonchev–Trinajstić information content (AvgIpc) is 3.28. The molecule has 9 nitrogen and oxygen atoms in total. The molecule has 9 heteroatoms. The van der Waals surface area contributed by atoms with Crippen LogP contribution in [0.2, 0.25) is 0 Å². The van der Waals surface area contributed by atoms with Crippen molar-refractivity contribution < 1.29 is 9.59 Å². The van der Waals surface area contributed by atoms with Crippen molar-refractivity contribution in [2.24, 2.45) is 11.0 Å². The van der Waals surface area contributed by atoms with Crippen LogP contribution >= 0.6 is 0 Å². The molecule has 1 aromatic rings. The molecule has 1 aromatic heterocycles. The van der Waals surface area contributed by atoms with Gasteiger partial charge in [-0.05, 0) is 31.4 Å². The Labute approximate surface area is 189 Å². The highest BCUT2D eigenvalue weighted by Crippen LogP contribution is 2.27. The standard InChI is InChI=1S/C23H31N7O2/c1-5-6-7-8-17(2)20-10-14-25-30(20)22(32)18-11-15-29(16-12-18)23-24-13-9-19(26-23)21(31)27-28(3)4/h5-9,13-14,18,20H,2,10-12,15-16H2,1,3-4H3,(H,27,31)/b6-5-,8-7-/t20-/m0/s1. The summed E-state index contributed by atoms with van der Waals surface area (Å²) >= 11 is 0.